The molecule has 0 aliphatic carbocycles. The average molecular weight is 1000 g/mol. The van der Waals surface area contributed by atoms with E-state index in [9.17, 15) is 39.6 Å². The number of ether oxygens (including phenoxy) is 2. The number of anilines is 2. The van der Waals surface area contributed by atoms with E-state index in [0.717, 1.165) is 98.8 Å². The van der Waals surface area contributed by atoms with Crippen molar-refractivity contribution >= 4 is 59.6 Å². The molecule has 0 heterocycles. The summed E-state index contributed by atoms with van der Waals surface area (Å²) >= 11 is 0. The highest BCUT2D eigenvalue weighted by molar-refractivity contribution is 5.87. The highest BCUT2D eigenvalue weighted by Gasteiger charge is 2.27. The van der Waals surface area contributed by atoms with Crippen LogP contribution in [0.3, 0.4) is 0 Å². The molecule has 4 N–H and O–H groups in total. The Labute approximate surface area is 433 Å². The molecule has 0 spiro atoms. The molecule has 2 unspecified atom stereocenters. The van der Waals surface area contributed by atoms with Crippen LogP contribution in [0.25, 0.3) is 24.3 Å². The highest BCUT2D eigenvalue weighted by Crippen LogP contribution is 2.38. The van der Waals surface area contributed by atoms with Gasteiger partial charge in [0.25, 0.3) is 0 Å². The molecule has 6 aromatic carbocycles. The molecule has 74 heavy (non-hydrogen) atoms. The second kappa shape index (κ2) is 22.7. The Balaban J connectivity index is 1.58. The minimum Gasteiger partial charge on any atom is -0.485 e. The maximum atomic E-state index is 12.3. The molecule has 0 aromatic heterocycles. The summed E-state index contributed by atoms with van der Waals surface area (Å²) in [7, 11) is 0. The maximum absolute atomic E-state index is 12.3. The number of hydrogen-bond donors (Lipinski definition) is 4. The number of nitrogens with zero attached hydrogens (tertiary/aromatic N) is 2. The molecule has 0 aliphatic heterocycles. The van der Waals surface area contributed by atoms with Crippen molar-refractivity contribution in [3.8, 4) is 11.5 Å². The number of aliphatic carboxylic acids is 4. The summed E-state index contributed by atoms with van der Waals surface area (Å²) in [6.45, 7) is 29.9. The summed E-state index contributed by atoms with van der Waals surface area (Å²) in [6, 6.07) is 27.4. The van der Waals surface area contributed by atoms with Crippen LogP contribution in [0.2, 0.25) is 0 Å². The van der Waals surface area contributed by atoms with Crippen molar-refractivity contribution in [2.75, 3.05) is 36.0 Å². The molecule has 2 atom stereocenters. The van der Waals surface area contributed by atoms with Gasteiger partial charge in [0.05, 0.1) is 11.4 Å². The molecule has 0 amide bonds. The SMILES string of the molecule is C=c1c(C)cc(=C(c2cc(C)c(C)c(C)c2)c2ccc(N(CC(=O)O)CC(=O)O)c(OC(C)C(C)Oc3cc(C(c4cc(C)c(C)c(C)c4)=c4cc(C)c(=C)c(C)c4)ccc3N(CC(=O)O)CC(=O)O)c2)cc1C. The predicted molar refractivity (Wildman–Crippen MR) is 294 cm³/mol. The van der Waals surface area contributed by atoms with Crippen LogP contribution < -0.4 is 40.1 Å². The Morgan fingerprint density at radius 2 is 0.689 bits per heavy atom. The standard InChI is InChI=1S/C62H68N2O10/c1-33-19-49(20-34(2)41(33)9)61(50-21-35(3)42(10)36(4)22-50)47-15-17-53(63(29-57(65)66)30-58(67)68)55(27-47)73-45(13)46(14)74-56-28-48(16-18-54(56)64(31-59(69)70)32-60(71)72)62(51-23-37(5)43(11)38(6)24-51)52-25-39(7)44(12)40(8)26-52/h15-28,45-46H,9,11,29-32H2,1-8,10,12-14H3,(H,65,66)(H,67,68)(H,69,70)(H,71,72). The van der Waals surface area contributed by atoms with E-state index >= 15 is 0 Å². The lowest BCUT2D eigenvalue weighted by Crippen LogP contribution is -2.37. The van der Waals surface area contributed by atoms with E-state index in [1.54, 1.807) is 38.1 Å². The van der Waals surface area contributed by atoms with Gasteiger partial charge in [-0.3, -0.25) is 19.2 Å². The number of benzene rings is 6. The van der Waals surface area contributed by atoms with Crippen molar-refractivity contribution in [1.29, 1.82) is 0 Å². The molecule has 12 nitrogen and oxygen atoms in total. The zero-order valence-corrected chi connectivity index (χ0v) is 44.6. The second-order valence-corrected chi connectivity index (χ2v) is 19.7. The van der Waals surface area contributed by atoms with Gasteiger partial charge in [-0.05, 0) is 217 Å². The van der Waals surface area contributed by atoms with Gasteiger partial charge in [-0.1, -0.05) is 73.8 Å². The minimum atomic E-state index is -1.25. The Morgan fingerprint density at radius 3 is 0.946 bits per heavy atom. The van der Waals surface area contributed by atoms with Crippen LogP contribution in [0.15, 0.2) is 84.9 Å². The third-order valence-electron chi connectivity index (χ3n) is 14.2. The topological polar surface area (TPSA) is 174 Å². The molecular formula is C62H68N2O10. The molecular weight excluding hydrogens is 933 g/mol. The summed E-state index contributed by atoms with van der Waals surface area (Å²) < 4.78 is 13.7. The molecule has 6 aromatic rings. The monoisotopic (exact) mass is 1000 g/mol. The third-order valence-corrected chi connectivity index (χ3v) is 14.2. The van der Waals surface area contributed by atoms with Crippen molar-refractivity contribution in [1.82, 2.24) is 0 Å². The van der Waals surface area contributed by atoms with Crippen LogP contribution >= 0.6 is 0 Å². The fraction of sp³-hybridized carbons (Fsp3) is 0.290. The van der Waals surface area contributed by atoms with Crippen molar-refractivity contribution < 1.29 is 49.1 Å². The van der Waals surface area contributed by atoms with Gasteiger partial charge >= 0.3 is 23.9 Å². The van der Waals surface area contributed by atoms with E-state index in [0.29, 0.717) is 11.1 Å². The Kier molecular flexibility index (Phi) is 17.0. The minimum absolute atomic E-state index is 0.181. The van der Waals surface area contributed by atoms with Crippen LogP contribution in [-0.2, 0) is 19.2 Å². The Morgan fingerprint density at radius 1 is 0.419 bits per heavy atom. The van der Waals surface area contributed by atoms with Gasteiger partial charge in [0.1, 0.15) is 49.9 Å². The fourth-order valence-electron chi connectivity index (χ4n) is 9.38. The first kappa shape index (κ1) is 55.2. The number of carbonyl (C=O) groups is 4. The quantitative estimate of drug-likeness (QED) is 0.0613. The van der Waals surface area contributed by atoms with E-state index < -0.39 is 62.3 Å². The molecule has 12 heteroatoms. The summed E-state index contributed by atoms with van der Waals surface area (Å²) in [4.78, 5) is 51.7. The molecule has 0 saturated carbocycles. The summed E-state index contributed by atoms with van der Waals surface area (Å²) in [5, 5.41) is 43.9. The Bertz CT molecular complexity index is 3100. The largest absolute Gasteiger partial charge is 0.485 e. The van der Waals surface area contributed by atoms with Gasteiger partial charge in [-0.2, -0.15) is 0 Å². The first-order valence-corrected chi connectivity index (χ1v) is 24.5. The number of carboxylic acids is 4. The van der Waals surface area contributed by atoms with Gasteiger partial charge in [-0.25, -0.2) is 0 Å². The molecule has 6 rings (SSSR count). The highest BCUT2D eigenvalue weighted by atomic mass is 16.5. The first-order valence-electron chi connectivity index (χ1n) is 24.5. The van der Waals surface area contributed by atoms with Gasteiger partial charge in [0.2, 0.25) is 0 Å². The van der Waals surface area contributed by atoms with Crippen molar-refractivity contribution in [2.24, 2.45) is 0 Å². The lowest BCUT2D eigenvalue weighted by Gasteiger charge is -2.30. The summed E-state index contributed by atoms with van der Waals surface area (Å²) in [5.74, 6) is -4.63. The normalized spacial score (nSPS) is 11.9. The predicted octanol–water partition coefficient (Wildman–Crippen LogP) is 8.27. The zero-order valence-electron chi connectivity index (χ0n) is 44.6. The van der Waals surface area contributed by atoms with Crippen molar-refractivity contribution in [2.45, 2.75) is 95.3 Å². The third kappa shape index (κ3) is 12.5. The van der Waals surface area contributed by atoms with Gasteiger partial charge in [0.15, 0.2) is 0 Å². The van der Waals surface area contributed by atoms with Crippen molar-refractivity contribution in [3.63, 3.8) is 0 Å². The average Bonchev–Trinajstić information content (AvgIpc) is 3.30. The number of hydrogen-bond acceptors (Lipinski definition) is 8. The lowest BCUT2D eigenvalue weighted by molar-refractivity contribution is -0.138. The zero-order chi connectivity index (χ0) is 54.6. The molecule has 386 valence electrons. The van der Waals surface area contributed by atoms with Crippen LogP contribution in [-0.4, -0.2) is 82.7 Å². The second-order valence-electron chi connectivity index (χ2n) is 19.7. The lowest BCUT2D eigenvalue weighted by atomic mass is 9.90. The molecule has 0 aliphatic rings. The number of aryl methyl sites for hydroxylation is 8. The van der Waals surface area contributed by atoms with E-state index in [4.69, 9.17) is 9.47 Å². The first-order chi connectivity index (χ1) is 34.7. The fourth-order valence-corrected chi connectivity index (χ4v) is 9.38. The van der Waals surface area contributed by atoms with Gasteiger partial charge in [-0.15, -0.1) is 0 Å². The summed E-state index contributed by atoms with van der Waals surface area (Å²) in [5.41, 5.74) is 16.1. The van der Waals surface area contributed by atoms with E-state index in [-0.39, 0.29) is 22.9 Å². The number of carboxylic acid groups (broad SMARTS) is 4. The molecule has 0 fully saturated rings. The molecule has 0 saturated heterocycles. The molecule has 0 radical (unpaired) electrons. The molecule has 0 bridgehead atoms. The van der Waals surface area contributed by atoms with E-state index in [1.807, 2.05) is 39.8 Å². The number of rotatable bonds is 19. The smallest absolute Gasteiger partial charge is 0.323 e. The van der Waals surface area contributed by atoms with E-state index in [2.05, 4.69) is 103 Å². The van der Waals surface area contributed by atoms with E-state index in [1.165, 1.54) is 9.80 Å². The van der Waals surface area contributed by atoms with Gasteiger partial charge in [0, 0.05) is 0 Å². The van der Waals surface area contributed by atoms with Crippen LogP contribution in [0.5, 0.6) is 11.5 Å². The van der Waals surface area contributed by atoms with Crippen LogP contribution in [0.4, 0.5) is 11.4 Å². The van der Waals surface area contributed by atoms with Crippen molar-refractivity contribution in [3.05, 3.63) is 184 Å². The maximum Gasteiger partial charge on any atom is 0.323 e. The Hall–Kier alpha value is -8.12. The van der Waals surface area contributed by atoms with Crippen LogP contribution in [0, 0.1) is 69.2 Å². The summed E-state index contributed by atoms with van der Waals surface area (Å²) in [6.07, 6.45) is -1.71. The van der Waals surface area contributed by atoms with Crippen LogP contribution in [0.1, 0.15) is 91.7 Å². The van der Waals surface area contributed by atoms with Gasteiger partial charge < -0.3 is 39.7 Å².